The molecule has 1 N–H and O–H groups in total. The van der Waals surface area contributed by atoms with Crippen LogP contribution in [0.5, 0.6) is 0 Å². The molecule has 1 unspecified atom stereocenters. The second-order valence-corrected chi connectivity index (χ2v) is 3.16. The summed E-state index contributed by atoms with van der Waals surface area (Å²) in [5, 5.41) is 10.1. The van der Waals surface area contributed by atoms with E-state index in [0.717, 1.165) is 0 Å². The molecule has 1 aliphatic rings. The van der Waals surface area contributed by atoms with Gasteiger partial charge in [0.25, 0.3) is 0 Å². The van der Waals surface area contributed by atoms with Gasteiger partial charge in [-0.15, -0.1) is 0 Å². The second kappa shape index (κ2) is 2.17. The Morgan fingerprint density at radius 2 is 2.10 bits per heavy atom. The van der Waals surface area contributed by atoms with Gasteiger partial charge in [-0.1, -0.05) is 17.8 Å². The van der Waals surface area contributed by atoms with Gasteiger partial charge in [-0.3, -0.25) is 0 Å². The Balaban J connectivity index is 2.71. The van der Waals surface area contributed by atoms with Gasteiger partial charge in [0, 0.05) is 6.42 Å². The Morgan fingerprint density at radius 3 is 2.30 bits per heavy atom. The van der Waals surface area contributed by atoms with Gasteiger partial charge < -0.3 is 5.11 Å². The molecule has 1 rings (SSSR count). The molecular weight excluding hydrogens is 165 g/mol. The topological polar surface area (TPSA) is 20.2 Å². The van der Waals surface area contributed by atoms with Crippen molar-refractivity contribution in [3.05, 3.63) is 11.5 Å². The fraction of sp³-hybridized carbons (Fsp3) is 0.600. The van der Waals surface area contributed by atoms with Gasteiger partial charge in [0.05, 0.1) is 0 Å². The lowest BCUT2D eigenvalue weighted by atomic mass is 10.2. The lowest BCUT2D eigenvalue weighted by Crippen LogP contribution is -2.39. The minimum Gasteiger partial charge on any atom is -0.371 e. The maximum absolute atomic E-state index is 11.8. The SMILES string of the molecule is OC1(C(F)(F)F)CC=CS1. The van der Waals surface area contributed by atoms with E-state index in [4.69, 9.17) is 5.11 Å². The number of hydrogen-bond acceptors (Lipinski definition) is 2. The Morgan fingerprint density at radius 1 is 1.50 bits per heavy atom. The van der Waals surface area contributed by atoms with Crippen molar-refractivity contribution in [1.82, 2.24) is 0 Å². The molecule has 0 fully saturated rings. The number of halogens is 3. The summed E-state index contributed by atoms with van der Waals surface area (Å²) < 4.78 is 35.5. The molecule has 0 amide bonds. The van der Waals surface area contributed by atoms with E-state index in [2.05, 4.69) is 0 Å². The standard InChI is InChI=1S/C5H5F3OS/c6-5(7,8)4(9)2-1-3-10-4/h1,3,9H,2H2. The number of thioether (sulfide) groups is 1. The Bertz CT molecular complexity index is 155. The van der Waals surface area contributed by atoms with Crippen molar-refractivity contribution < 1.29 is 18.3 Å². The van der Waals surface area contributed by atoms with Crippen LogP contribution < -0.4 is 0 Å². The van der Waals surface area contributed by atoms with E-state index >= 15 is 0 Å². The van der Waals surface area contributed by atoms with E-state index in [-0.39, 0.29) is 6.42 Å². The van der Waals surface area contributed by atoms with E-state index in [9.17, 15) is 13.2 Å². The van der Waals surface area contributed by atoms with Crippen LogP contribution in [0.1, 0.15) is 6.42 Å². The van der Waals surface area contributed by atoms with Crippen molar-refractivity contribution in [2.45, 2.75) is 17.5 Å². The molecule has 0 aromatic heterocycles. The highest BCUT2D eigenvalue weighted by Crippen LogP contribution is 2.46. The molecule has 0 saturated carbocycles. The van der Waals surface area contributed by atoms with Gasteiger partial charge in [0.15, 0.2) is 0 Å². The van der Waals surface area contributed by atoms with Crippen molar-refractivity contribution in [1.29, 1.82) is 0 Å². The predicted octanol–water partition coefficient (Wildman–Crippen LogP) is 1.89. The predicted molar refractivity (Wildman–Crippen MR) is 32.4 cm³/mol. The van der Waals surface area contributed by atoms with Gasteiger partial charge in [-0.25, -0.2) is 0 Å². The summed E-state index contributed by atoms with van der Waals surface area (Å²) in [5.74, 6) is 0. The summed E-state index contributed by atoms with van der Waals surface area (Å²) in [5.41, 5.74) is 0. The van der Waals surface area contributed by atoms with E-state index < -0.39 is 11.1 Å². The van der Waals surface area contributed by atoms with Crippen LogP contribution in [-0.4, -0.2) is 16.2 Å². The van der Waals surface area contributed by atoms with Crippen molar-refractivity contribution >= 4 is 11.8 Å². The van der Waals surface area contributed by atoms with Gasteiger partial charge in [-0.05, 0) is 5.41 Å². The first kappa shape index (κ1) is 7.94. The zero-order valence-corrected chi connectivity index (χ0v) is 5.67. The maximum Gasteiger partial charge on any atom is 0.427 e. The minimum absolute atomic E-state index is 0.346. The molecule has 58 valence electrons. The van der Waals surface area contributed by atoms with Gasteiger partial charge in [0.2, 0.25) is 4.93 Å². The number of hydrogen-bond donors (Lipinski definition) is 1. The van der Waals surface area contributed by atoms with Crippen molar-refractivity contribution in [2.24, 2.45) is 0 Å². The third-order valence-electron chi connectivity index (χ3n) is 1.20. The third-order valence-corrected chi connectivity index (χ3v) is 2.31. The summed E-state index contributed by atoms with van der Waals surface area (Å²) in [4.78, 5) is -2.56. The smallest absolute Gasteiger partial charge is 0.371 e. The second-order valence-electron chi connectivity index (χ2n) is 1.98. The van der Waals surface area contributed by atoms with Crippen LogP contribution in [-0.2, 0) is 0 Å². The zero-order chi connectivity index (χ0) is 7.83. The van der Waals surface area contributed by atoms with Crippen LogP contribution in [0, 0.1) is 0 Å². The highest BCUT2D eigenvalue weighted by Gasteiger charge is 2.54. The van der Waals surface area contributed by atoms with E-state index in [0.29, 0.717) is 11.8 Å². The molecule has 1 nitrogen and oxygen atoms in total. The first-order valence-corrected chi connectivity index (χ1v) is 3.46. The molecule has 1 atom stereocenters. The molecule has 0 saturated heterocycles. The van der Waals surface area contributed by atoms with Crippen molar-refractivity contribution in [3.8, 4) is 0 Å². The average molecular weight is 170 g/mol. The normalized spacial score (nSPS) is 33.2. The zero-order valence-electron chi connectivity index (χ0n) is 4.85. The Kier molecular flexibility index (Phi) is 1.72. The molecule has 0 aromatic carbocycles. The summed E-state index contributed by atoms with van der Waals surface area (Å²) in [6.07, 6.45) is -3.57. The molecule has 0 aromatic rings. The van der Waals surface area contributed by atoms with Gasteiger partial charge in [0.1, 0.15) is 0 Å². The Labute approximate surface area is 59.9 Å². The maximum atomic E-state index is 11.8. The van der Waals surface area contributed by atoms with Crippen LogP contribution in [0.15, 0.2) is 11.5 Å². The molecule has 0 aliphatic carbocycles. The molecule has 0 radical (unpaired) electrons. The molecule has 10 heavy (non-hydrogen) atoms. The number of rotatable bonds is 0. The molecule has 5 heteroatoms. The minimum atomic E-state index is -4.53. The van der Waals surface area contributed by atoms with Crippen molar-refractivity contribution in [2.75, 3.05) is 0 Å². The first-order chi connectivity index (χ1) is 4.46. The highest BCUT2D eigenvalue weighted by atomic mass is 32.2. The lowest BCUT2D eigenvalue weighted by Gasteiger charge is -2.23. The number of alkyl halides is 3. The Hall–Kier alpha value is -0.160. The van der Waals surface area contributed by atoms with E-state index in [1.165, 1.54) is 11.5 Å². The monoisotopic (exact) mass is 170 g/mol. The summed E-state index contributed by atoms with van der Waals surface area (Å²) in [7, 11) is 0. The molecule has 1 heterocycles. The van der Waals surface area contributed by atoms with Gasteiger partial charge >= 0.3 is 6.18 Å². The van der Waals surface area contributed by atoms with Crippen LogP contribution in [0.4, 0.5) is 13.2 Å². The average Bonchev–Trinajstić information content (AvgIpc) is 2.13. The van der Waals surface area contributed by atoms with Gasteiger partial charge in [-0.2, -0.15) is 13.2 Å². The van der Waals surface area contributed by atoms with Crippen LogP contribution >= 0.6 is 11.8 Å². The molecular formula is C5H5F3OS. The van der Waals surface area contributed by atoms with Crippen LogP contribution in [0.2, 0.25) is 0 Å². The first-order valence-electron chi connectivity index (χ1n) is 2.58. The highest BCUT2D eigenvalue weighted by molar-refractivity contribution is 8.03. The quantitative estimate of drug-likeness (QED) is 0.599. The molecule has 0 spiro atoms. The summed E-state index contributed by atoms with van der Waals surface area (Å²) in [6.45, 7) is 0. The molecule has 0 bridgehead atoms. The third kappa shape index (κ3) is 1.15. The largest absolute Gasteiger partial charge is 0.427 e. The number of aliphatic hydroxyl groups is 1. The van der Waals surface area contributed by atoms with Crippen LogP contribution in [0.3, 0.4) is 0 Å². The van der Waals surface area contributed by atoms with E-state index in [1.54, 1.807) is 0 Å². The molecule has 1 aliphatic heterocycles. The van der Waals surface area contributed by atoms with Crippen molar-refractivity contribution in [3.63, 3.8) is 0 Å². The fourth-order valence-electron chi connectivity index (χ4n) is 0.599. The van der Waals surface area contributed by atoms with Crippen LogP contribution in [0.25, 0.3) is 0 Å². The fourth-order valence-corrected chi connectivity index (χ4v) is 1.34. The summed E-state index contributed by atoms with van der Waals surface area (Å²) >= 11 is 0.402. The summed E-state index contributed by atoms with van der Waals surface area (Å²) in [6, 6.07) is 0. The lowest BCUT2D eigenvalue weighted by molar-refractivity contribution is -0.217. The van der Waals surface area contributed by atoms with E-state index in [1.807, 2.05) is 0 Å².